The van der Waals surface area contributed by atoms with Gasteiger partial charge in [0, 0.05) is 0 Å². The van der Waals surface area contributed by atoms with E-state index in [0.29, 0.717) is 19.3 Å². The minimum absolute atomic E-state index is 0.242. The summed E-state index contributed by atoms with van der Waals surface area (Å²) < 4.78 is 11.2. The number of aliphatic hydroxyl groups excluding tert-OH is 7. The molecule has 11 heteroatoms. The van der Waals surface area contributed by atoms with E-state index in [1.807, 2.05) is 0 Å². The highest BCUT2D eigenvalue weighted by molar-refractivity contribution is 5.80. The van der Waals surface area contributed by atoms with Crippen LogP contribution in [-0.4, -0.2) is 110 Å². The van der Waals surface area contributed by atoms with Gasteiger partial charge in [0.25, 0.3) is 0 Å². The van der Waals surface area contributed by atoms with Gasteiger partial charge in [-0.15, -0.1) is 0 Å². The molecule has 1 heterocycles. The summed E-state index contributed by atoms with van der Waals surface area (Å²) in [6.45, 7) is 3.50. The lowest BCUT2D eigenvalue weighted by Crippen LogP contribution is -2.60. The van der Waals surface area contributed by atoms with Crippen LogP contribution in [0.4, 0.5) is 0 Å². The first-order valence-corrected chi connectivity index (χ1v) is 39.5. The molecule has 1 fully saturated rings. The van der Waals surface area contributed by atoms with Crippen LogP contribution in [0, 0.1) is 0 Å². The number of unbranched alkanes of at least 4 members (excludes halogenated alkanes) is 50. The molecule has 1 saturated heterocycles. The molecule has 0 spiro atoms. The van der Waals surface area contributed by atoms with Gasteiger partial charge < -0.3 is 50.5 Å². The molecule has 0 radical (unpaired) electrons. The first-order chi connectivity index (χ1) is 44.7. The van der Waals surface area contributed by atoms with Crippen molar-refractivity contribution in [2.75, 3.05) is 13.2 Å². The average molecular weight is 1290 g/mol. The smallest absolute Gasteiger partial charge is 0.249 e. The van der Waals surface area contributed by atoms with E-state index >= 15 is 0 Å². The third kappa shape index (κ3) is 54.8. The van der Waals surface area contributed by atoms with Crippen molar-refractivity contribution >= 4 is 5.91 Å². The van der Waals surface area contributed by atoms with Crippen LogP contribution in [-0.2, 0) is 14.3 Å². The topological polar surface area (TPSA) is 189 Å². The molecule has 1 aliphatic rings. The Morgan fingerprint density at radius 3 is 0.978 bits per heavy atom. The lowest BCUT2D eigenvalue weighted by Gasteiger charge is -2.40. The van der Waals surface area contributed by atoms with Gasteiger partial charge in [-0.25, -0.2) is 0 Å². The summed E-state index contributed by atoms with van der Waals surface area (Å²) in [6, 6.07) is -1.20. The average Bonchev–Trinajstić information content (AvgIpc) is 1.05. The van der Waals surface area contributed by atoms with E-state index < -0.39 is 74.2 Å². The van der Waals surface area contributed by atoms with E-state index in [1.165, 1.54) is 295 Å². The van der Waals surface area contributed by atoms with Crippen molar-refractivity contribution in [1.29, 1.82) is 0 Å². The summed E-state index contributed by atoms with van der Waals surface area (Å²) in [6.07, 6.45) is 79.5. The van der Waals surface area contributed by atoms with Crippen molar-refractivity contribution in [3.63, 3.8) is 0 Å². The Hall–Kier alpha value is -1.93. The number of amides is 1. The Morgan fingerprint density at radius 2 is 0.659 bits per heavy atom. The van der Waals surface area contributed by atoms with Gasteiger partial charge >= 0.3 is 0 Å². The van der Waals surface area contributed by atoms with E-state index in [9.17, 15) is 40.5 Å². The summed E-state index contributed by atoms with van der Waals surface area (Å²) >= 11 is 0. The number of aliphatic hydroxyl groups is 7. The van der Waals surface area contributed by atoms with Crippen LogP contribution in [0.2, 0.25) is 0 Å². The van der Waals surface area contributed by atoms with Gasteiger partial charge in [-0.1, -0.05) is 345 Å². The SMILES string of the molecule is CCCCCCCCCCCCCCCC/C=C\CCCCCCCCCCCCCCCCCCC(O)C(=O)NC(COC1OC(CO)C(O)C(O)C1O)C(O)C(O)CCC/C=C/CC/C=C/CC/C=C/CCCCCCCCCCCCCCCCCCC. The predicted octanol–water partition coefficient (Wildman–Crippen LogP) is 20.3. The molecule has 0 aliphatic carbocycles. The Balaban J connectivity index is 2.17. The molecule has 1 aliphatic heterocycles. The van der Waals surface area contributed by atoms with Crippen molar-refractivity contribution in [3.8, 4) is 0 Å². The molecule has 0 aromatic rings. The van der Waals surface area contributed by atoms with Gasteiger partial charge in [0.2, 0.25) is 5.91 Å². The maximum atomic E-state index is 13.3. The zero-order valence-corrected chi connectivity index (χ0v) is 59.6. The van der Waals surface area contributed by atoms with Gasteiger partial charge in [-0.3, -0.25) is 4.79 Å². The molecule has 536 valence electrons. The Kier molecular flexibility index (Phi) is 65.1. The molecule has 0 saturated carbocycles. The standard InChI is InChI=1S/C80H151NO10/c1-3-5-7-9-11-13-15-17-19-21-23-25-27-29-31-33-35-36-37-38-40-42-44-46-48-50-52-54-56-58-60-62-64-66-68-73(84)79(89)81-71(70-90-80-78(88)77(87)76(86)74(69-82)91-80)75(85)72(83)67-65-63-61-59-57-55-53-51-49-47-45-43-41-39-34-32-30-28-26-24-22-20-18-16-14-12-10-8-6-4-2/h33,35,43,45,51,53,59,61,71-78,80,82-88H,3-32,34,36-42,44,46-50,52,54-58,60,62-70H2,1-2H3,(H,81,89)/b35-33-,45-43+,53-51+,61-59+. The lowest BCUT2D eigenvalue weighted by atomic mass is 9.98. The Labute approximate surface area is 561 Å². The number of ether oxygens (including phenoxy) is 2. The van der Waals surface area contributed by atoms with Gasteiger partial charge in [-0.2, -0.15) is 0 Å². The maximum Gasteiger partial charge on any atom is 0.249 e. The molecule has 11 nitrogen and oxygen atoms in total. The van der Waals surface area contributed by atoms with Gasteiger partial charge in [0.05, 0.1) is 25.4 Å². The quantitative estimate of drug-likeness (QED) is 0.0215. The summed E-state index contributed by atoms with van der Waals surface area (Å²) in [5.74, 6) is -0.707. The fraction of sp³-hybridized carbons (Fsp3) is 0.887. The highest BCUT2D eigenvalue weighted by Crippen LogP contribution is 2.24. The molecular formula is C80H151NO10. The van der Waals surface area contributed by atoms with E-state index in [4.69, 9.17) is 9.47 Å². The number of hydrogen-bond acceptors (Lipinski definition) is 10. The minimum atomic E-state index is -1.68. The molecular weight excluding hydrogens is 1130 g/mol. The maximum absolute atomic E-state index is 13.3. The normalized spacial score (nSPS) is 18.6. The van der Waals surface area contributed by atoms with Gasteiger partial charge in [0.15, 0.2) is 6.29 Å². The highest BCUT2D eigenvalue weighted by Gasteiger charge is 2.44. The molecule has 1 amide bonds. The van der Waals surface area contributed by atoms with Crippen molar-refractivity contribution in [1.82, 2.24) is 5.32 Å². The third-order valence-corrected chi connectivity index (χ3v) is 19.1. The van der Waals surface area contributed by atoms with E-state index in [2.05, 4.69) is 67.8 Å². The van der Waals surface area contributed by atoms with Crippen LogP contribution in [0.5, 0.6) is 0 Å². The van der Waals surface area contributed by atoms with E-state index in [-0.39, 0.29) is 12.8 Å². The number of rotatable bonds is 70. The van der Waals surface area contributed by atoms with Gasteiger partial charge in [-0.05, 0) is 89.9 Å². The molecule has 0 bridgehead atoms. The fourth-order valence-electron chi connectivity index (χ4n) is 12.8. The van der Waals surface area contributed by atoms with Crippen LogP contribution in [0.1, 0.15) is 386 Å². The Morgan fingerprint density at radius 1 is 0.374 bits per heavy atom. The highest BCUT2D eigenvalue weighted by atomic mass is 16.7. The molecule has 0 aromatic carbocycles. The first-order valence-electron chi connectivity index (χ1n) is 39.5. The molecule has 8 N–H and O–H groups in total. The van der Waals surface area contributed by atoms with Crippen molar-refractivity contribution in [3.05, 3.63) is 48.6 Å². The zero-order chi connectivity index (χ0) is 66.0. The number of carbonyl (C=O) groups excluding carboxylic acids is 1. The third-order valence-electron chi connectivity index (χ3n) is 19.1. The van der Waals surface area contributed by atoms with Crippen molar-refractivity contribution in [2.24, 2.45) is 0 Å². The summed E-state index contributed by atoms with van der Waals surface area (Å²) in [4.78, 5) is 13.3. The van der Waals surface area contributed by atoms with Crippen LogP contribution in [0.3, 0.4) is 0 Å². The number of carbonyl (C=O) groups is 1. The van der Waals surface area contributed by atoms with E-state index in [0.717, 1.165) is 44.9 Å². The molecule has 9 atom stereocenters. The lowest BCUT2D eigenvalue weighted by molar-refractivity contribution is -0.303. The van der Waals surface area contributed by atoms with Crippen LogP contribution in [0.25, 0.3) is 0 Å². The monoisotopic (exact) mass is 1290 g/mol. The van der Waals surface area contributed by atoms with Gasteiger partial charge in [0.1, 0.15) is 36.6 Å². The second kappa shape index (κ2) is 68.0. The van der Waals surface area contributed by atoms with E-state index in [1.54, 1.807) is 0 Å². The van der Waals surface area contributed by atoms with Crippen LogP contribution < -0.4 is 5.32 Å². The summed E-state index contributed by atoms with van der Waals surface area (Å²) in [5.41, 5.74) is 0. The largest absolute Gasteiger partial charge is 0.394 e. The summed E-state index contributed by atoms with van der Waals surface area (Å²) in [7, 11) is 0. The summed E-state index contributed by atoms with van der Waals surface area (Å²) in [5, 5.41) is 76.6. The Bertz CT molecular complexity index is 1620. The molecule has 9 unspecified atom stereocenters. The minimum Gasteiger partial charge on any atom is -0.394 e. The second-order valence-electron chi connectivity index (χ2n) is 27.8. The molecule has 0 aromatic heterocycles. The van der Waals surface area contributed by atoms with Crippen LogP contribution in [0.15, 0.2) is 48.6 Å². The number of nitrogens with one attached hydrogen (secondary N) is 1. The second-order valence-corrected chi connectivity index (χ2v) is 27.8. The predicted molar refractivity (Wildman–Crippen MR) is 385 cm³/mol. The number of hydrogen-bond donors (Lipinski definition) is 8. The first kappa shape index (κ1) is 87.1. The zero-order valence-electron chi connectivity index (χ0n) is 59.6. The van der Waals surface area contributed by atoms with Crippen molar-refractivity contribution < 1.29 is 50.0 Å². The fourth-order valence-corrected chi connectivity index (χ4v) is 12.8. The number of allylic oxidation sites excluding steroid dienone is 8. The van der Waals surface area contributed by atoms with Crippen LogP contribution >= 0.6 is 0 Å². The molecule has 1 rings (SSSR count). The van der Waals surface area contributed by atoms with Crippen molar-refractivity contribution in [2.45, 2.75) is 441 Å². The molecule has 91 heavy (non-hydrogen) atoms.